The maximum absolute atomic E-state index is 13.8. The predicted octanol–water partition coefficient (Wildman–Crippen LogP) is 4.02. The smallest absolute Gasteiger partial charge is 0.228 e. The minimum absolute atomic E-state index is 0.108. The SMILES string of the molecule is Cc1cc(C)n(CCC(=O)Nc2nc(C)c(Cc3ccccc3F)s2)n1. The highest BCUT2D eigenvalue weighted by atomic mass is 32.1. The van der Waals surface area contributed by atoms with Crippen LogP contribution in [-0.4, -0.2) is 20.7 Å². The van der Waals surface area contributed by atoms with Crippen molar-refractivity contribution in [2.45, 2.75) is 40.2 Å². The number of hydrogen-bond acceptors (Lipinski definition) is 4. The first-order valence-corrected chi connectivity index (χ1v) is 9.24. The quantitative estimate of drug-likeness (QED) is 0.711. The second-order valence-corrected chi connectivity index (χ2v) is 7.33. The largest absolute Gasteiger partial charge is 0.302 e. The molecule has 0 fully saturated rings. The van der Waals surface area contributed by atoms with Crippen molar-refractivity contribution < 1.29 is 9.18 Å². The van der Waals surface area contributed by atoms with E-state index in [1.807, 2.05) is 37.6 Å². The number of anilines is 1. The Hall–Kier alpha value is -2.54. The fraction of sp³-hybridized carbons (Fsp3) is 0.316. The molecular formula is C19H21FN4OS. The molecule has 1 amide bonds. The van der Waals surface area contributed by atoms with Gasteiger partial charge in [-0.05, 0) is 38.5 Å². The van der Waals surface area contributed by atoms with Crippen molar-refractivity contribution in [3.8, 4) is 0 Å². The van der Waals surface area contributed by atoms with Crippen molar-refractivity contribution >= 4 is 22.4 Å². The van der Waals surface area contributed by atoms with Gasteiger partial charge in [0.05, 0.1) is 11.4 Å². The molecule has 5 nitrogen and oxygen atoms in total. The maximum Gasteiger partial charge on any atom is 0.228 e. The number of aromatic nitrogens is 3. The van der Waals surface area contributed by atoms with Crippen molar-refractivity contribution in [1.82, 2.24) is 14.8 Å². The van der Waals surface area contributed by atoms with Crippen LogP contribution in [0.4, 0.5) is 9.52 Å². The molecule has 136 valence electrons. The lowest BCUT2D eigenvalue weighted by molar-refractivity contribution is -0.116. The number of halogens is 1. The molecule has 0 unspecified atom stereocenters. The van der Waals surface area contributed by atoms with Crippen LogP contribution in [0.1, 0.15) is 33.9 Å². The first-order chi connectivity index (χ1) is 12.4. The second-order valence-electron chi connectivity index (χ2n) is 6.24. The third-order valence-electron chi connectivity index (χ3n) is 4.10. The number of nitrogens with one attached hydrogen (secondary N) is 1. The molecule has 0 atom stereocenters. The van der Waals surface area contributed by atoms with Gasteiger partial charge in [0, 0.05) is 30.0 Å². The van der Waals surface area contributed by atoms with Crippen molar-refractivity contribution in [3.63, 3.8) is 0 Å². The number of hydrogen-bond donors (Lipinski definition) is 1. The van der Waals surface area contributed by atoms with Gasteiger partial charge in [-0.2, -0.15) is 5.10 Å². The van der Waals surface area contributed by atoms with Crippen LogP contribution in [0.2, 0.25) is 0 Å². The van der Waals surface area contributed by atoms with Crippen LogP contribution in [0.25, 0.3) is 0 Å². The van der Waals surface area contributed by atoms with E-state index >= 15 is 0 Å². The number of thiazole rings is 1. The second kappa shape index (κ2) is 7.78. The average molecular weight is 372 g/mol. The van der Waals surface area contributed by atoms with Gasteiger partial charge in [0.1, 0.15) is 5.82 Å². The molecule has 7 heteroatoms. The Kier molecular flexibility index (Phi) is 5.46. The molecule has 0 saturated carbocycles. The highest BCUT2D eigenvalue weighted by molar-refractivity contribution is 7.15. The summed E-state index contributed by atoms with van der Waals surface area (Å²) in [6, 6.07) is 8.69. The van der Waals surface area contributed by atoms with Gasteiger partial charge >= 0.3 is 0 Å². The van der Waals surface area contributed by atoms with E-state index in [2.05, 4.69) is 15.4 Å². The molecule has 1 aromatic carbocycles. The first kappa shape index (κ1) is 18.3. The van der Waals surface area contributed by atoms with Crippen molar-refractivity contribution in [2.75, 3.05) is 5.32 Å². The van der Waals surface area contributed by atoms with Gasteiger partial charge < -0.3 is 5.32 Å². The van der Waals surface area contributed by atoms with Crippen molar-refractivity contribution in [1.29, 1.82) is 0 Å². The van der Waals surface area contributed by atoms with Gasteiger partial charge in [-0.25, -0.2) is 9.37 Å². The van der Waals surface area contributed by atoms with E-state index in [1.165, 1.54) is 17.4 Å². The van der Waals surface area contributed by atoms with Crippen LogP contribution in [0.15, 0.2) is 30.3 Å². The number of aryl methyl sites for hydroxylation is 4. The van der Waals surface area contributed by atoms with E-state index < -0.39 is 0 Å². The highest BCUT2D eigenvalue weighted by Gasteiger charge is 2.13. The molecule has 0 radical (unpaired) electrons. The van der Waals surface area contributed by atoms with Crippen molar-refractivity contribution in [2.24, 2.45) is 0 Å². The summed E-state index contributed by atoms with van der Waals surface area (Å²) in [7, 11) is 0. The number of nitrogens with zero attached hydrogens (tertiary/aromatic N) is 3. The zero-order chi connectivity index (χ0) is 18.7. The zero-order valence-corrected chi connectivity index (χ0v) is 15.9. The van der Waals surface area contributed by atoms with Gasteiger partial charge in [-0.15, -0.1) is 11.3 Å². The van der Waals surface area contributed by atoms with E-state index in [9.17, 15) is 9.18 Å². The first-order valence-electron chi connectivity index (χ1n) is 8.43. The van der Waals surface area contributed by atoms with Crippen LogP contribution >= 0.6 is 11.3 Å². The summed E-state index contributed by atoms with van der Waals surface area (Å²) in [4.78, 5) is 17.5. The molecule has 0 aliphatic carbocycles. The Labute approximate surface area is 155 Å². The number of carbonyl (C=O) groups is 1. The van der Waals surface area contributed by atoms with Crippen LogP contribution in [-0.2, 0) is 17.8 Å². The lowest BCUT2D eigenvalue weighted by Crippen LogP contribution is -2.15. The van der Waals surface area contributed by atoms with Gasteiger partial charge in [0.2, 0.25) is 5.91 Å². The Balaban J connectivity index is 1.61. The highest BCUT2D eigenvalue weighted by Crippen LogP contribution is 2.26. The third-order valence-corrected chi connectivity index (χ3v) is 5.17. The molecular weight excluding hydrogens is 351 g/mol. The maximum atomic E-state index is 13.8. The number of rotatable bonds is 6. The minimum atomic E-state index is -0.226. The lowest BCUT2D eigenvalue weighted by Gasteiger charge is -2.04. The van der Waals surface area contributed by atoms with E-state index in [0.717, 1.165) is 22.0 Å². The molecule has 1 N–H and O–H groups in total. The minimum Gasteiger partial charge on any atom is -0.302 e. The van der Waals surface area contributed by atoms with Gasteiger partial charge in [0.25, 0.3) is 0 Å². The standard InChI is InChI=1S/C19H21FN4OS/c1-12-10-13(2)24(23-12)9-8-18(25)22-19-21-14(3)17(26-19)11-15-6-4-5-7-16(15)20/h4-7,10H,8-9,11H2,1-3H3,(H,21,22,25). The summed E-state index contributed by atoms with van der Waals surface area (Å²) in [6.45, 7) is 6.30. The summed E-state index contributed by atoms with van der Waals surface area (Å²) in [5.41, 5.74) is 3.41. The summed E-state index contributed by atoms with van der Waals surface area (Å²) >= 11 is 1.39. The molecule has 0 spiro atoms. The molecule has 0 bridgehead atoms. The van der Waals surface area contributed by atoms with Crippen LogP contribution in [0.5, 0.6) is 0 Å². The van der Waals surface area contributed by atoms with Crippen molar-refractivity contribution in [3.05, 3.63) is 63.7 Å². The van der Waals surface area contributed by atoms with E-state index in [1.54, 1.807) is 12.1 Å². The lowest BCUT2D eigenvalue weighted by atomic mass is 10.1. The Bertz CT molecular complexity index is 932. The summed E-state index contributed by atoms with van der Waals surface area (Å²) in [5, 5.41) is 7.73. The topological polar surface area (TPSA) is 59.8 Å². The molecule has 2 heterocycles. The fourth-order valence-corrected chi connectivity index (χ4v) is 3.75. The summed E-state index contributed by atoms with van der Waals surface area (Å²) in [5.74, 6) is -0.334. The Morgan fingerprint density at radius 1 is 1.27 bits per heavy atom. The molecule has 26 heavy (non-hydrogen) atoms. The van der Waals surface area contributed by atoms with Gasteiger partial charge in [0.15, 0.2) is 5.13 Å². The normalized spacial score (nSPS) is 10.9. The zero-order valence-electron chi connectivity index (χ0n) is 15.0. The fourth-order valence-electron chi connectivity index (χ4n) is 2.75. The van der Waals surface area contributed by atoms with Gasteiger partial charge in [-0.1, -0.05) is 18.2 Å². The number of benzene rings is 1. The number of carbonyl (C=O) groups excluding carboxylic acids is 1. The van der Waals surface area contributed by atoms with E-state index in [0.29, 0.717) is 30.1 Å². The van der Waals surface area contributed by atoms with Crippen LogP contribution in [0, 0.1) is 26.6 Å². The molecule has 0 aliphatic rings. The predicted molar refractivity (Wildman–Crippen MR) is 101 cm³/mol. The summed E-state index contributed by atoms with van der Waals surface area (Å²) < 4.78 is 15.7. The van der Waals surface area contributed by atoms with Gasteiger partial charge in [-0.3, -0.25) is 9.48 Å². The van der Waals surface area contributed by atoms with Crippen LogP contribution in [0.3, 0.4) is 0 Å². The van der Waals surface area contributed by atoms with E-state index in [4.69, 9.17) is 0 Å². The Morgan fingerprint density at radius 3 is 2.73 bits per heavy atom. The third kappa shape index (κ3) is 4.35. The van der Waals surface area contributed by atoms with E-state index in [-0.39, 0.29) is 11.7 Å². The molecule has 3 rings (SSSR count). The molecule has 0 saturated heterocycles. The number of amides is 1. The summed E-state index contributed by atoms with van der Waals surface area (Å²) in [6.07, 6.45) is 0.793. The Morgan fingerprint density at radius 2 is 2.04 bits per heavy atom. The molecule has 0 aliphatic heterocycles. The average Bonchev–Trinajstić information content (AvgIpc) is 3.09. The monoisotopic (exact) mass is 372 g/mol. The molecule has 2 aromatic heterocycles. The molecule has 3 aromatic rings. The van der Waals surface area contributed by atoms with Crippen LogP contribution < -0.4 is 5.32 Å².